The third kappa shape index (κ3) is 3.93. The van der Waals surface area contributed by atoms with Gasteiger partial charge in [0.25, 0.3) is 0 Å². The highest BCUT2D eigenvalue weighted by Gasteiger charge is 2.28. The molecule has 1 aliphatic carbocycles. The van der Waals surface area contributed by atoms with Gasteiger partial charge in [0.05, 0.1) is 0 Å². The summed E-state index contributed by atoms with van der Waals surface area (Å²) in [6, 6.07) is 6.33. The Kier molecular flexibility index (Phi) is 4.95. The number of carbonyl (C=O) groups is 1. The third-order valence-electron chi connectivity index (χ3n) is 3.51. The molecule has 0 spiro atoms. The highest BCUT2D eigenvalue weighted by atomic mass is 19.1. The molecular formula is C15H22FN3O. The van der Waals surface area contributed by atoms with Gasteiger partial charge in [-0.1, -0.05) is 6.07 Å². The Hall–Kier alpha value is -1.62. The molecule has 1 aromatic carbocycles. The molecular weight excluding hydrogens is 257 g/mol. The van der Waals surface area contributed by atoms with E-state index in [9.17, 15) is 9.18 Å². The van der Waals surface area contributed by atoms with Gasteiger partial charge in [0.15, 0.2) is 0 Å². The Labute approximate surface area is 119 Å². The van der Waals surface area contributed by atoms with Crippen LogP contribution in [0.2, 0.25) is 0 Å². The fourth-order valence-electron chi connectivity index (χ4n) is 2.15. The monoisotopic (exact) mass is 279 g/mol. The van der Waals surface area contributed by atoms with Crippen LogP contribution >= 0.6 is 0 Å². The van der Waals surface area contributed by atoms with Crippen LogP contribution in [-0.4, -0.2) is 31.1 Å². The molecule has 0 aromatic heterocycles. The molecule has 0 radical (unpaired) electrons. The first-order valence-electron chi connectivity index (χ1n) is 7.14. The Morgan fingerprint density at radius 2 is 2.30 bits per heavy atom. The average molecular weight is 279 g/mol. The first-order valence-corrected chi connectivity index (χ1v) is 7.14. The molecule has 0 aliphatic heterocycles. The van der Waals surface area contributed by atoms with E-state index in [0.717, 1.165) is 24.9 Å². The van der Waals surface area contributed by atoms with Crippen molar-refractivity contribution in [1.29, 1.82) is 0 Å². The summed E-state index contributed by atoms with van der Waals surface area (Å²) in [6.07, 6.45) is 2.88. The maximum Gasteiger partial charge on any atom is 0.242 e. The summed E-state index contributed by atoms with van der Waals surface area (Å²) >= 11 is 0. The molecule has 0 heterocycles. The smallest absolute Gasteiger partial charge is 0.242 e. The summed E-state index contributed by atoms with van der Waals surface area (Å²) in [6.45, 7) is 3.03. The van der Waals surface area contributed by atoms with E-state index in [1.54, 1.807) is 6.07 Å². The van der Waals surface area contributed by atoms with Crippen LogP contribution < -0.4 is 16.0 Å². The molecule has 3 N–H and O–H groups in total. The molecule has 4 nitrogen and oxygen atoms in total. The number of nitrogens with two attached hydrogens (primary N) is 1. The molecule has 110 valence electrons. The Morgan fingerprint density at radius 3 is 2.90 bits per heavy atom. The number of halogens is 1. The fourth-order valence-corrected chi connectivity index (χ4v) is 2.15. The van der Waals surface area contributed by atoms with E-state index in [2.05, 4.69) is 5.32 Å². The molecule has 20 heavy (non-hydrogen) atoms. The molecule has 1 aliphatic rings. The first-order chi connectivity index (χ1) is 9.61. The standard InChI is InChI=1S/C15H22FN3O/c1-11(15(20)18-13-6-7-13)19(9-3-8-17)14-5-2-4-12(16)10-14/h2,4-5,10-11,13H,3,6-9,17H2,1H3,(H,18,20). The summed E-state index contributed by atoms with van der Waals surface area (Å²) in [5, 5.41) is 2.99. The summed E-state index contributed by atoms with van der Waals surface area (Å²) in [7, 11) is 0. The van der Waals surface area contributed by atoms with Crippen LogP contribution in [0.25, 0.3) is 0 Å². The highest BCUT2D eigenvalue weighted by Crippen LogP contribution is 2.21. The molecule has 1 amide bonds. The van der Waals surface area contributed by atoms with Crippen molar-refractivity contribution in [1.82, 2.24) is 5.32 Å². The third-order valence-corrected chi connectivity index (χ3v) is 3.51. The first kappa shape index (κ1) is 14.8. The zero-order chi connectivity index (χ0) is 14.5. The number of anilines is 1. The van der Waals surface area contributed by atoms with Crippen LogP contribution in [0.3, 0.4) is 0 Å². The zero-order valence-electron chi connectivity index (χ0n) is 11.8. The van der Waals surface area contributed by atoms with E-state index in [0.29, 0.717) is 19.1 Å². The van der Waals surface area contributed by atoms with Crippen LogP contribution in [0.1, 0.15) is 26.2 Å². The number of carbonyl (C=O) groups excluding carboxylic acids is 1. The average Bonchev–Trinajstić information content (AvgIpc) is 3.23. The second kappa shape index (κ2) is 6.70. The number of hydrogen-bond acceptors (Lipinski definition) is 3. The summed E-state index contributed by atoms with van der Waals surface area (Å²) in [5.41, 5.74) is 6.27. The van der Waals surface area contributed by atoms with Crippen molar-refractivity contribution >= 4 is 11.6 Å². The van der Waals surface area contributed by atoms with Gasteiger partial charge < -0.3 is 16.0 Å². The van der Waals surface area contributed by atoms with E-state index in [1.807, 2.05) is 17.9 Å². The van der Waals surface area contributed by atoms with Gasteiger partial charge in [-0.25, -0.2) is 4.39 Å². The van der Waals surface area contributed by atoms with Crippen LogP contribution in [0.4, 0.5) is 10.1 Å². The molecule has 1 fully saturated rings. The zero-order valence-corrected chi connectivity index (χ0v) is 11.8. The van der Waals surface area contributed by atoms with Gasteiger partial charge in [-0.05, 0) is 50.9 Å². The second-order valence-corrected chi connectivity index (χ2v) is 5.27. The Morgan fingerprint density at radius 1 is 1.55 bits per heavy atom. The number of hydrogen-bond donors (Lipinski definition) is 2. The van der Waals surface area contributed by atoms with Crippen LogP contribution in [0, 0.1) is 5.82 Å². The lowest BCUT2D eigenvalue weighted by molar-refractivity contribution is -0.122. The van der Waals surface area contributed by atoms with Gasteiger partial charge in [0.2, 0.25) is 5.91 Å². The largest absolute Gasteiger partial charge is 0.360 e. The molecule has 5 heteroatoms. The van der Waals surface area contributed by atoms with E-state index < -0.39 is 0 Å². The predicted octanol–water partition coefficient (Wildman–Crippen LogP) is 1.65. The summed E-state index contributed by atoms with van der Waals surface area (Å²) in [5.74, 6) is -0.302. The van der Waals surface area contributed by atoms with Crippen molar-refractivity contribution in [2.75, 3.05) is 18.0 Å². The maximum absolute atomic E-state index is 13.4. The minimum absolute atomic E-state index is 0.00576. The molecule has 1 atom stereocenters. The number of nitrogens with zero attached hydrogens (tertiary/aromatic N) is 1. The normalized spacial score (nSPS) is 15.8. The van der Waals surface area contributed by atoms with Crippen LogP contribution in [0.15, 0.2) is 24.3 Å². The highest BCUT2D eigenvalue weighted by molar-refractivity contribution is 5.85. The number of amides is 1. The predicted molar refractivity (Wildman–Crippen MR) is 78.0 cm³/mol. The van der Waals surface area contributed by atoms with Crippen molar-refractivity contribution in [3.63, 3.8) is 0 Å². The molecule has 1 saturated carbocycles. The van der Waals surface area contributed by atoms with E-state index >= 15 is 0 Å². The van der Waals surface area contributed by atoms with Crippen LogP contribution in [-0.2, 0) is 4.79 Å². The topological polar surface area (TPSA) is 58.4 Å². The Bertz CT molecular complexity index is 462. The number of rotatable bonds is 7. The van der Waals surface area contributed by atoms with E-state index in [4.69, 9.17) is 5.73 Å². The molecule has 0 bridgehead atoms. The van der Waals surface area contributed by atoms with Crippen molar-refractivity contribution in [2.24, 2.45) is 5.73 Å². The molecule has 1 unspecified atom stereocenters. The Balaban J connectivity index is 2.10. The van der Waals surface area contributed by atoms with Gasteiger partial charge in [0, 0.05) is 18.3 Å². The minimum Gasteiger partial charge on any atom is -0.360 e. The van der Waals surface area contributed by atoms with E-state index in [1.165, 1.54) is 12.1 Å². The number of nitrogens with one attached hydrogen (secondary N) is 1. The minimum atomic E-state index is -0.330. The van der Waals surface area contributed by atoms with Gasteiger partial charge >= 0.3 is 0 Å². The lowest BCUT2D eigenvalue weighted by atomic mass is 10.2. The summed E-state index contributed by atoms with van der Waals surface area (Å²) < 4.78 is 13.4. The van der Waals surface area contributed by atoms with Gasteiger partial charge in [-0.15, -0.1) is 0 Å². The number of benzene rings is 1. The van der Waals surface area contributed by atoms with Crippen molar-refractivity contribution in [3.05, 3.63) is 30.1 Å². The second-order valence-electron chi connectivity index (χ2n) is 5.27. The van der Waals surface area contributed by atoms with E-state index in [-0.39, 0.29) is 17.8 Å². The summed E-state index contributed by atoms with van der Waals surface area (Å²) in [4.78, 5) is 14.1. The van der Waals surface area contributed by atoms with Gasteiger partial charge in [0.1, 0.15) is 11.9 Å². The van der Waals surface area contributed by atoms with Crippen molar-refractivity contribution < 1.29 is 9.18 Å². The quantitative estimate of drug-likeness (QED) is 0.798. The molecule has 1 aromatic rings. The lowest BCUT2D eigenvalue weighted by Crippen LogP contribution is -2.46. The van der Waals surface area contributed by atoms with Crippen molar-refractivity contribution in [2.45, 2.75) is 38.3 Å². The molecule has 0 saturated heterocycles. The van der Waals surface area contributed by atoms with Crippen molar-refractivity contribution in [3.8, 4) is 0 Å². The maximum atomic E-state index is 13.4. The van der Waals surface area contributed by atoms with Crippen LogP contribution in [0.5, 0.6) is 0 Å². The van der Waals surface area contributed by atoms with Gasteiger partial charge in [-0.2, -0.15) is 0 Å². The SMILES string of the molecule is CC(C(=O)NC1CC1)N(CCCN)c1cccc(F)c1. The fraction of sp³-hybridized carbons (Fsp3) is 0.533. The lowest BCUT2D eigenvalue weighted by Gasteiger charge is -2.30. The molecule has 2 rings (SSSR count). The van der Waals surface area contributed by atoms with Gasteiger partial charge in [-0.3, -0.25) is 4.79 Å².